The number of hydrogen-bond acceptors (Lipinski definition) is 4. The Bertz CT molecular complexity index is 431. The first-order valence-corrected chi connectivity index (χ1v) is 7.13. The molecule has 1 heterocycles. The highest BCUT2D eigenvalue weighted by molar-refractivity contribution is 5.26. The summed E-state index contributed by atoms with van der Waals surface area (Å²) in [6, 6.07) is 0.389. The van der Waals surface area contributed by atoms with Crippen LogP contribution in [0.25, 0.3) is 0 Å². The van der Waals surface area contributed by atoms with E-state index in [0.717, 1.165) is 31.6 Å². The Kier molecular flexibility index (Phi) is 4.53. The van der Waals surface area contributed by atoms with Gasteiger partial charge in [-0.1, -0.05) is 20.8 Å². The Labute approximate surface area is 116 Å². The van der Waals surface area contributed by atoms with Crippen molar-refractivity contribution in [1.29, 1.82) is 0 Å². The van der Waals surface area contributed by atoms with E-state index in [9.17, 15) is 0 Å². The van der Waals surface area contributed by atoms with Crippen molar-refractivity contribution in [1.82, 2.24) is 15.3 Å². The number of aromatic nitrogens is 2. The summed E-state index contributed by atoms with van der Waals surface area (Å²) < 4.78 is 5.10. The van der Waals surface area contributed by atoms with Gasteiger partial charge in [-0.05, 0) is 24.8 Å². The van der Waals surface area contributed by atoms with Crippen LogP contribution in [-0.2, 0) is 17.6 Å². The fourth-order valence-corrected chi connectivity index (χ4v) is 2.83. The van der Waals surface area contributed by atoms with Gasteiger partial charge in [0.2, 0.25) is 0 Å². The van der Waals surface area contributed by atoms with Crippen LogP contribution in [0.3, 0.4) is 0 Å². The van der Waals surface area contributed by atoms with Gasteiger partial charge in [-0.3, -0.25) is 0 Å². The molecule has 4 nitrogen and oxygen atoms in total. The normalized spacial score (nSPS) is 21.2. The third kappa shape index (κ3) is 3.51. The van der Waals surface area contributed by atoms with Crippen molar-refractivity contribution < 1.29 is 4.74 Å². The lowest BCUT2D eigenvalue weighted by molar-refractivity contribution is 0.200. The summed E-state index contributed by atoms with van der Waals surface area (Å²) in [4.78, 5) is 9.23. The number of methoxy groups -OCH3 is 1. The van der Waals surface area contributed by atoms with Crippen LogP contribution >= 0.6 is 0 Å². The lowest BCUT2D eigenvalue weighted by Crippen LogP contribution is -2.34. The van der Waals surface area contributed by atoms with Crippen molar-refractivity contribution in [2.45, 2.75) is 46.1 Å². The molecule has 0 radical (unpaired) electrons. The molecule has 106 valence electrons. The molecule has 0 bridgehead atoms. The molecule has 1 N–H and O–H groups in total. The van der Waals surface area contributed by atoms with Crippen molar-refractivity contribution in [2.24, 2.45) is 5.41 Å². The second-order valence-electron chi connectivity index (χ2n) is 6.09. The molecule has 1 atom stereocenters. The van der Waals surface area contributed by atoms with Crippen molar-refractivity contribution in [3.05, 3.63) is 23.3 Å². The van der Waals surface area contributed by atoms with Gasteiger partial charge >= 0.3 is 0 Å². The third-order valence-electron chi connectivity index (χ3n) is 3.71. The quantitative estimate of drug-likeness (QED) is 0.885. The average Bonchev–Trinajstić information content (AvgIpc) is 2.35. The van der Waals surface area contributed by atoms with Crippen molar-refractivity contribution in [3.63, 3.8) is 0 Å². The van der Waals surface area contributed by atoms with Gasteiger partial charge in [-0.15, -0.1) is 0 Å². The second-order valence-corrected chi connectivity index (χ2v) is 6.09. The van der Waals surface area contributed by atoms with Crippen LogP contribution in [0.15, 0.2) is 6.20 Å². The van der Waals surface area contributed by atoms with Crippen molar-refractivity contribution in [2.75, 3.05) is 20.3 Å². The molecular formula is C15H25N3O. The summed E-state index contributed by atoms with van der Waals surface area (Å²) in [6.45, 7) is 8.44. The summed E-state index contributed by atoms with van der Waals surface area (Å²) in [5, 5.41) is 3.55. The Hall–Kier alpha value is -1.00. The first-order chi connectivity index (χ1) is 9.05. The van der Waals surface area contributed by atoms with Gasteiger partial charge in [0.15, 0.2) is 0 Å². The maximum Gasteiger partial charge on any atom is 0.130 e. The van der Waals surface area contributed by atoms with Crippen molar-refractivity contribution >= 4 is 0 Å². The lowest BCUT2D eigenvalue weighted by Gasteiger charge is -2.36. The Balaban J connectivity index is 2.26. The maximum absolute atomic E-state index is 5.10. The third-order valence-corrected chi connectivity index (χ3v) is 3.71. The van der Waals surface area contributed by atoms with Gasteiger partial charge in [0.1, 0.15) is 5.82 Å². The maximum atomic E-state index is 5.10. The highest BCUT2D eigenvalue weighted by atomic mass is 16.5. The first-order valence-electron chi connectivity index (χ1n) is 7.13. The standard InChI is InChI=1S/C15H25N3O/c1-5-16-12-8-15(2,3)9-13-11(12)10-17-14(18-13)6-7-19-4/h10,12,16H,5-9H2,1-4H3. The van der Waals surface area contributed by atoms with Crippen molar-refractivity contribution in [3.8, 4) is 0 Å². The van der Waals surface area contributed by atoms with E-state index < -0.39 is 0 Å². The van der Waals surface area contributed by atoms with E-state index in [1.807, 2.05) is 6.20 Å². The minimum Gasteiger partial charge on any atom is -0.384 e. The van der Waals surface area contributed by atoms with Crippen LogP contribution in [0, 0.1) is 5.41 Å². The number of hydrogen-bond donors (Lipinski definition) is 1. The minimum absolute atomic E-state index is 0.298. The molecule has 0 aliphatic heterocycles. The smallest absolute Gasteiger partial charge is 0.130 e. The van der Waals surface area contributed by atoms with Gasteiger partial charge < -0.3 is 10.1 Å². The Morgan fingerprint density at radius 2 is 2.26 bits per heavy atom. The fourth-order valence-electron chi connectivity index (χ4n) is 2.83. The van der Waals surface area contributed by atoms with Crippen LogP contribution in [-0.4, -0.2) is 30.2 Å². The molecule has 4 heteroatoms. The zero-order valence-corrected chi connectivity index (χ0v) is 12.5. The molecule has 0 aromatic carbocycles. The zero-order chi connectivity index (χ0) is 13.9. The molecule has 19 heavy (non-hydrogen) atoms. The average molecular weight is 263 g/mol. The summed E-state index contributed by atoms with van der Waals surface area (Å²) in [5.41, 5.74) is 2.79. The van der Waals surface area contributed by atoms with E-state index in [2.05, 4.69) is 31.1 Å². The predicted molar refractivity (Wildman–Crippen MR) is 76.1 cm³/mol. The highest BCUT2D eigenvalue weighted by Crippen LogP contribution is 2.39. The molecule has 2 rings (SSSR count). The summed E-state index contributed by atoms with van der Waals surface area (Å²) in [7, 11) is 1.71. The molecule has 0 amide bonds. The Morgan fingerprint density at radius 3 is 2.95 bits per heavy atom. The largest absolute Gasteiger partial charge is 0.384 e. The van der Waals surface area contributed by atoms with Crippen LogP contribution in [0.2, 0.25) is 0 Å². The van der Waals surface area contributed by atoms with E-state index in [4.69, 9.17) is 9.72 Å². The van der Waals surface area contributed by atoms with E-state index in [1.165, 1.54) is 11.3 Å². The molecule has 0 fully saturated rings. The van der Waals surface area contributed by atoms with Gasteiger partial charge in [0.05, 0.1) is 6.61 Å². The topological polar surface area (TPSA) is 47.0 Å². The molecule has 1 unspecified atom stereocenters. The summed E-state index contributed by atoms with van der Waals surface area (Å²) in [6.07, 6.45) is 4.98. The molecule has 1 aliphatic carbocycles. The molecular weight excluding hydrogens is 238 g/mol. The van der Waals surface area contributed by atoms with E-state index in [-0.39, 0.29) is 0 Å². The van der Waals surface area contributed by atoms with Gasteiger partial charge in [0.25, 0.3) is 0 Å². The van der Waals surface area contributed by atoms with Gasteiger partial charge in [-0.25, -0.2) is 9.97 Å². The number of ether oxygens (including phenoxy) is 1. The minimum atomic E-state index is 0.298. The molecule has 1 aromatic heterocycles. The molecule has 1 aliphatic rings. The summed E-state index contributed by atoms with van der Waals surface area (Å²) in [5.74, 6) is 0.897. The lowest BCUT2D eigenvalue weighted by atomic mass is 9.74. The molecule has 1 aromatic rings. The first kappa shape index (κ1) is 14.4. The van der Waals surface area contributed by atoms with Crippen LogP contribution < -0.4 is 5.32 Å². The van der Waals surface area contributed by atoms with Crippen LogP contribution in [0.4, 0.5) is 0 Å². The van der Waals surface area contributed by atoms with E-state index >= 15 is 0 Å². The molecule has 0 saturated heterocycles. The van der Waals surface area contributed by atoms with E-state index in [1.54, 1.807) is 7.11 Å². The monoisotopic (exact) mass is 263 g/mol. The number of fused-ring (bicyclic) bond motifs is 1. The van der Waals surface area contributed by atoms with Gasteiger partial charge in [-0.2, -0.15) is 0 Å². The summed E-state index contributed by atoms with van der Waals surface area (Å²) >= 11 is 0. The highest BCUT2D eigenvalue weighted by Gasteiger charge is 2.33. The SMILES string of the molecule is CCNC1CC(C)(C)Cc2nc(CCOC)ncc21. The molecule has 0 spiro atoms. The van der Waals surface area contributed by atoms with Crippen LogP contribution in [0.1, 0.15) is 50.3 Å². The number of rotatable bonds is 5. The van der Waals surface area contributed by atoms with E-state index in [0.29, 0.717) is 18.1 Å². The van der Waals surface area contributed by atoms with Crippen LogP contribution in [0.5, 0.6) is 0 Å². The molecule has 0 saturated carbocycles. The Morgan fingerprint density at radius 1 is 1.47 bits per heavy atom. The second kappa shape index (κ2) is 5.97. The number of nitrogens with zero attached hydrogens (tertiary/aromatic N) is 2. The fraction of sp³-hybridized carbons (Fsp3) is 0.733. The number of nitrogens with one attached hydrogen (secondary N) is 1. The zero-order valence-electron chi connectivity index (χ0n) is 12.5. The predicted octanol–water partition coefficient (Wildman–Crippen LogP) is 2.29. The van der Waals surface area contributed by atoms with Gasteiger partial charge in [0, 0.05) is 37.0 Å².